The molecule has 2 aromatic rings. The van der Waals surface area contributed by atoms with Crippen LogP contribution in [-0.2, 0) is 6.61 Å². The molecule has 0 aliphatic carbocycles. The Balaban J connectivity index is 2.24. The minimum Gasteiger partial charge on any atom is -0.482 e. The van der Waals surface area contributed by atoms with Crippen LogP contribution in [0.2, 0.25) is 0 Å². The van der Waals surface area contributed by atoms with Crippen molar-refractivity contribution in [2.24, 2.45) is 0 Å². The van der Waals surface area contributed by atoms with Gasteiger partial charge < -0.3 is 9.84 Å². The third kappa shape index (κ3) is 3.53. The van der Waals surface area contributed by atoms with Crippen LogP contribution in [0.4, 0.5) is 10.1 Å². The van der Waals surface area contributed by atoms with E-state index >= 15 is 0 Å². The zero-order valence-electron chi connectivity index (χ0n) is 10.7. The van der Waals surface area contributed by atoms with Crippen LogP contribution in [0.25, 0.3) is 0 Å². The normalized spacial score (nSPS) is 10.1. The van der Waals surface area contributed by atoms with Crippen molar-refractivity contribution in [3.63, 3.8) is 0 Å². The molecule has 0 saturated carbocycles. The largest absolute Gasteiger partial charge is 0.482 e. The minimum atomic E-state index is -1.21. The first-order valence-corrected chi connectivity index (χ1v) is 5.86. The number of rotatable bonds is 5. The van der Waals surface area contributed by atoms with E-state index < -0.39 is 16.7 Å². The van der Waals surface area contributed by atoms with Gasteiger partial charge in [0.05, 0.1) is 10.5 Å². The molecular formula is C14H10FNO5. The summed E-state index contributed by atoms with van der Waals surface area (Å²) >= 11 is 0. The fourth-order valence-electron chi connectivity index (χ4n) is 1.66. The van der Waals surface area contributed by atoms with Gasteiger partial charge in [0.15, 0.2) is 5.75 Å². The van der Waals surface area contributed by atoms with Crippen molar-refractivity contribution in [2.45, 2.75) is 6.61 Å². The highest BCUT2D eigenvalue weighted by Crippen LogP contribution is 2.28. The molecule has 21 heavy (non-hydrogen) atoms. The van der Waals surface area contributed by atoms with Gasteiger partial charge in [-0.3, -0.25) is 10.1 Å². The van der Waals surface area contributed by atoms with E-state index in [1.165, 1.54) is 24.3 Å². The minimum absolute atomic E-state index is 0.0375. The number of benzene rings is 2. The molecule has 0 radical (unpaired) electrons. The molecule has 0 atom stereocenters. The predicted molar refractivity (Wildman–Crippen MR) is 70.8 cm³/mol. The van der Waals surface area contributed by atoms with Crippen molar-refractivity contribution in [1.29, 1.82) is 0 Å². The summed E-state index contributed by atoms with van der Waals surface area (Å²) < 4.78 is 18.1. The van der Waals surface area contributed by atoms with Gasteiger partial charge >= 0.3 is 11.7 Å². The average molecular weight is 291 g/mol. The zero-order valence-corrected chi connectivity index (χ0v) is 10.7. The second-order valence-corrected chi connectivity index (χ2v) is 4.16. The van der Waals surface area contributed by atoms with Gasteiger partial charge in [-0.05, 0) is 23.8 Å². The molecule has 0 amide bonds. The lowest BCUT2D eigenvalue weighted by atomic mass is 10.2. The summed E-state index contributed by atoms with van der Waals surface area (Å²) in [6, 6.07) is 8.71. The smallest absolute Gasteiger partial charge is 0.335 e. The Morgan fingerprint density at radius 1 is 1.24 bits per heavy atom. The monoisotopic (exact) mass is 291 g/mol. The maximum Gasteiger partial charge on any atom is 0.335 e. The Morgan fingerprint density at radius 2 is 1.90 bits per heavy atom. The summed E-state index contributed by atoms with van der Waals surface area (Å²) in [6.45, 7) is -0.0375. The Kier molecular flexibility index (Phi) is 4.13. The van der Waals surface area contributed by atoms with E-state index in [4.69, 9.17) is 9.84 Å². The number of aromatic carboxylic acids is 1. The number of carboxylic acids is 1. The van der Waals surface area contributed by atoms with E-state index in [0.717, 1.165) is 18.2 Å². The number of nitro benzene ring substituents is 1. The van der Waals surface area contributed by atoms with Crippen LogP contribution in [0.1, 0.15) is 15.9 Å². The van der Waals surface area contributed by atoms with Gasteiger partial charge in [-0.25, -0.2) is 9.18 Å². The molecule has 0 fully saturated rings. The molecule has 2 rings (SSSR count). The average Bonchev–Trinajstić information content (AvgIpc) is 2.46. The molecule has 0 heterocycles. The summed E-state index contributed by atoms with van der Waals surface area (Å²) in [7, 11) is 0. The summed E-state index contributed by atoms with van der Waals surface area (Å²) in [5.74, 6) is -1.77. The van der Waals surface area contributed by atoms with Crippen LogP contribution in [0.15, 0.2) is 42.5 Å². The SMILES string of the molecule is O=C(O)c1ccc([N+](=O)[O-])c(OCc2ccc(F)cc2)c1. The summed E-state index contributed by atoms with van der Waals surface area (Å²) in [5, 5.41) is 19.8. The van der Waals surface area contributed by atoms with Crippen molar-refractivity contribution in [1.82, 2.24) is 0 Å². The molecular weight excluding hydrogens is 281 g/mol. The zero-order chi connectivity index (χ0) is 15.4. The first kappa shape index (κ1) is 14.4. The highest BCUT2D eigenvalue weighted by atomic mass is 19.1. The molecule has 1 N–H and O–H groups in total. The van der Waals surface area contributed by atoms with Gasteiger partial charge in [-0.15, -0.1) is 0 Å². The summed E-state index contributed by atoms with van der Waals surface area (Å²) in [5.41, 5.74) is 0.156. The first-order chi connectivity index (χ1) is 9.97. The first-order valence-electron chi connectivity index (χ1n) is 5.86. The number of carbonyl (C=O) groups is 1. The third-order valence-electron chi connectivity index (χ3n) is 2.71. The van der Waals surface area contributed by atoms with Crippen molar-refractivity contribution in [3.05, 3.63) is 69.5 Å². The molecule has 108 valence electrons. The second kappa shape index (κ2) is 6.00. The van der Waals surface area contributed by atoms with E-state index in [-0.39, 0.29) is 23.6 Å². The number of ether oxygens (including phenoxy) is 1. The maximum atomic E-state index is 12.8. The second-order valence-electron chi connectivity index (χ2n) is 4.16. The Hall–Kier alpha value is -2.96. The molecule has 0 aromatic heterocycles. The number of carboxylic acid groups (broad SMARTS) is 1. The van der Waals surface area contributed by atoms with Gasteiger partial charge in [-0.2, -0.15) is 0 Å². The van der Waals surface area contributed by atoms with Crippen molar-refractivity contribution < 1.29 is 24.0 Å². The number of nitrogens with zero attached hydrogens (tertiary/aromatic N) is 1. The van der Waals surface area contributed by atoms with Gasteiger partial charge in [0.1, 0.15) is 12.4 Å². The van der Waals surface area contributed by atoms with Crippen molar-refractivity contribution in [3.8, 4) is 5.75 Å². The quantitative estimate of drug-likeness (QED) is 0.675. The standard InChI is InChI=1S/C14H10FNO5/c15-11-4-1-9(2-5-11)8-21-13-7-10(14(17)18)3-6-12(13)16(19)20/h1-7H,8H2,(H,17,18). The lowest BCUT2D eigenvalue weighted by Crippen LogP contribution is -2.02. The Morgan fingerprint density at radius 3 is 2.48 bits per heavy atom. The van der Waals surface area contributed by atoms with Crippen LogP contribution >= 0.6 is 0 Å². The fourth-order valence-corrected chi connectivity index (χ4v) is 1.66. The molecule has 0 spiro atoms. The molecule has 0 aliphatic rings. The third-order valence-corrected chi connectivity index (χ3v) is 2.71. The molecule has 0 saturated heterocycles. The summed E-state index contributed by atoms with van der Waals surface area (Å²) in [6.07, 6.45) is 0. The topological polar surface area (TPSA) is 89.7 Å². The highest BCUT2D eigenvalue weighted by Gasteiger charge is 2.18. The molecule has 6 nitrogen and oxygen atoms in total. The van der Waals surface area contributed by atoms with Crippen molar-refractivity contribution in [2.75, 3.05) is 0 Å². The number of hydrogen-bond donors (Lipinski definition) is 1. The lowest BCUT2D eigenvalue weighted by molar-refractivity contribution is -0.385. The van der Waals surface area contributed by atoms with E-state index in [0.29, 0.717) is 5.56 Å². The van der Waals surface area contributed by atoms with E-state index in [1.807, 2.05) is 0 Å². The van der Waals surface area contributed by atoms with Crippen LogP contribution in [0.5, 0.6) is 5.75 Å². The van der Waals surface area contributed by atoms with E-state index in [2.05, 4.69) is 0 Å². The van der Waals surface area contributed by atoms with E-state index in [9.17, 15) is 19.3 Å². The van der Waals surface area contributed by atoms with Crippen LogP contribution in [-0.4, -0.2) is 16.0 Å². The number of halogens is 1. The Bertz CT molecular complexity index is 684. The Labute approximate surface area is 118 Å². The number of hydrogen-bond acceptors (Lipinski definition) is 4. The predicted octanol–water partition coefficient (Wildman–Crippen LogP) is 3.01. The fraction of sp³-hybridized carbons (Fsp3) is 0.0714. The van der Waals surface area contributed by atoms with Crippen molar-refractivity contribution >= 4 is 11.7 Å². The summed E-state index contributed by atoms with van der Waals surface area (Å²) in [4.78, 5) is 21.1. The van der Waals surface area contributed by atoms with Crippen LogP contribution in [0, 0.1) is 15.9 Å². The molecule has 2 aromatic carbocycles. The van der Waals surface area contributed by atoms with Gasteiger partial charge in [0, 0.05) is 12.1 Å². The lowest BCUT2D eigenvalue weighted by Gasteiger charge is -2.07. The van der Waals surface area contributed by atoms with Crippen LogP contribution < -0.4 is 4.74 Å². The van der Waals surface area contributed by atoms with Gasteiger partial charge in [0.2, 0.25) is 0 Å². The molecule has 7 heteroatoms. The number of nitro groups is 1. The highest BCUT2D eigenvalue weighted by molar-refractivity contribution is 5.88. The van der Waals surface area contributed by atoms with Gasteiger partial charge in [0.25, 0.3) is 0 Å². The van der Waals surface area contributed by atoms with Crippen LogP contribution in [0.3, 0.4) is 0 Å². The molecule has 0 bridgehead atoms. The maximum absolute atomic E-state index is 12.8. The molecule has 0 aliphatic heterocycles. The van der Waals surface area contributed by atoms with Gasteiger partial charge in [-0.1, -0.05) is 12.1 Å². The van der Waals surface area contributed by atoms with E-state index in [1.54, 1.807) is 0 Å². The molecule has 0 unspecified atom stereocenters.